The molecule has 3 heteroatoms. The van der Waals surface area contributed by atoms with E-state index in [4.69, 9.17) is 9.15 Å². The van der Waals surface area contributed by atoms with Crippen LogP contribution in [0, 0.1) is 0 Å². The molecular weight excluding hydrogens is 190 g/mol. The molecule has 1 aromatic rings. The lowest BCUT2D eigenvalue weighted by molar-refractivity contribution is -0.00992. The molecule has 82 valence electrons. The van der Waals surface area contributed by atoms with Gasteiger partial charge in [-0.15, -0.1) is 0 Å². The van der Waals surface area contributed by atoms with Gasteiger partial charge in [-0.05, 0) is 25.3 Å². The van der Waals surface area contributed by atoms with E-state index in [2.05, 4.69) is 11.4 Å². The Hall–Kier alpha value is -0.800. The summed E-state index contributed by atoms with van der Waals surface area (Å²) >= 11 is 0. The van der Waals surface area contributed by atoms with Crippen molar-refractivity contribution in [2.75, 3.05) is 13.2 Å². The first-order valence-corrected chi connectivity index (χ1v) is 5.86. The molecule has 3 rings (SSSR count). The highest BCUT2D eigenvalue weighted by molar-refractivity contribution is 5.25. The maximum absolute atomic E-state index is 5.84. The zero-order chi connectivity index (χ0) is 10.1. The van der Waals surface area contributed by atoms with Crippen LogP contribution in [0.2, 0.25) is 0 Å². The van der Waals surface area contributed by atoms with Crippen molar-refractivity contribution in [2.24, 2.45) is 0 Å². The second-order valence-electron chi connectivity index (χ2n) is 4.39. The number of fused-ring (bicyclic) bond motifs is 1. The average Bonchev–Trinajstić information content (AvgIpc) is 2.78. The van der Waals surface area contributed by atoms with Gasteiger partial charge in [0.05, 0.1) is 18.4 Å². The zero-order valence-electron chi connectivity index (χ0n) is 8.87. The average molecular weight is 207 g/mol. The van der Waals surface area contributed by atoms with Crippen LogP contribution in [-0.2, 0) is 11.2 Å². The Morgan fingerprint density at radius 1 is 1.33 bits per heavy atom. The predicted molar refractivity (Wildman–Crippen MR) is 56.7 cm³/mol. The van der Waals surface area contributed by atoms with Crippen molar-refractivity contribution in [1.29, 1.82) is 0 Å². The number of hydrogen-bond acceptors (Lipinski definition) is 3. The first-order chi connectivity index (χ1) is 7.45. The largest absolute Gasteiger partial charge is 0.469 e. The molecule has 1 saturated heterocycles. The SMILES string of the molecule is c1cc2c(o1)CCNC2C1CCCCO1. The summed E-state index contributed by atoms with van der Waals surface area (Å²) in [7, 11) is 0. The van der Waals surface area contributed by atoms with Gasteiger partial charge in [0.2, 0.25) is 0 Å². The third-order valence-electron chi connectivity index (χ3n) is 3.42. The minimum Gasteiger partial charge on any atom is -0.469 e. The van der Waals surface area contributed by atoms with Gasteiger partial charge in [0, 0.05) is 25.1 Å². The molecule has 0 saturated carbocycles. The highest BCUT2D eigenvalue weighted by Gasteiger charge is 2.30. The van der Waals surface area contributed by atoms with Crippen LogP contribution in [0.4, 0.5) is 0 Å². The van der Waals surface area contributed by atoms with Gasteiger partial charge in [0.15, 0.2) is 0 Å². The van der Waals surface area contributed by atoms with Crippen molar-refractivity contribution in [1.82, 2.24) is 5.32 Å². The van der Waals surface area contributed by atoms with Gasteiger partial charge in [0.25, 0.3) is 0 Å². The molecule has 2 aliphatic rings. The van der Waals surface area contributed by atoms with Gasteiger partial charge in [-0.25, -0.2) is 0 Å². The van der Waals surface area contributed by atoms with Crippen molar-refractivity contribution in [3.63, 3.8) is 0 Å². The Morgan fingerprint density at radius 2 is 2.33 bits per heavy atom. The van der Waals surface area contributed by atoms with Crippen LogP contribution in [-0.4, -0.2) is 19.3 Å². The number of hydrogen-bond donors (Lipinski definition) is 1. The quantitative estimate of drug-likeness (QED) is 0.765. The lowest BCUT2D eigenvalue weighted by atomic mass is 9.93. The Labute approximate surface area is 89.8 Å². The molecule has 0 spiro atoms. The first kappa shape index (κ1) is 9.43. The lowest BCUT2D eigenvalue weighted by Gasteiger charge is -2.33. The molecule has 0 bridgehead atoms. The topological polar surface area (TPSA) is 34.4 Å². The molecule has 2 aliphatic heterocycles. The Morgan fingerprint density at radius 3 is 3.20 bits per heavy atom. The molecule has 0 amide bonds. The summed E-state index contributed by atoms with van der Waals surface area (Å²) in [5, 5.41) is 3.55. The molecule has 0 aliphatic carbocycles. The Kier molecular flexibility index (Phi) is 2.51. The van der Waals surface area contributed by atoms with Crippen molar-refractivity contribution < 1.29 is 9.15 Å². The van der Waals surface area contributed by atoms with E-state index in [0.29, 0.717) is 12.1 Å². The molecule has 3 heterocycles. The monoisotopic (exact) mass is 207 g/mol. The molecule has 2 atom stereocenters. The summed E-state index contributed by atoms with van der Waals surface area (Å²) in [5.41, 5.74) is 1.31. The van der Waals surface area contributed by atoms with Crippen LogP contribution < -0.4 is 5.32 Å². The third-order valence-corrected chi connectivity index (χ3v) is 3.42. The summed E-state index contributed by atoms with van der Waals surface area (Å²) in [6.45, 7) is 1.92. The van der Waals surface area contributed by atoms with E-state index in [-0.39, 0.29) is 0 Å². The van der Waals surface area contributed by atoms with E-state index in [1.165, 1.54) is 24.8 Å². The normalized spacial score (nSPS) is 31.2. The van der Waals surface area contributed by atoms with Gasteiger partial charge in [-0.1, -0.05) is 0 Å². The molecule has 3 nitrogen and oxygen atoms in total. The summed E-state index contributed by atoms with van der Waals surface area (Å²) < 4.78 is 11.3. The van der Waals surface area contributed by atoms with Crippen molar-refractivity contribution in [2.45, 2.75) is 37.8 Å². The van der Waals surface area contributed by atoms with Gasteiger partial charge in [-0.3, -0.25) is 0 Å². The van der Waals surface area contributed by atoms with Crippen LogP contribution >= 0.6 is 0 Å². The second-order valence-corrected chi connectivity index (χ2v) is 4.39. The Bertz CT molecular complexity index is 328. The minimum absolute atomic E-state index is 0.343. The van der Waals surface area contributed by atoms with Crippen LogP contribution in [0.3, 0.4) is 0 Å². The summed E-state index contributed by atoms with van der Waals surface area (Å²) in [4.78, 5) is 0. The summed E-state index contributed by atoms with van der Waals surface area (Å²) in [6, 6.07) is 2.44. The standard InChI is InChI=1S/C12H17NO2/c1-2-7-14-11(3-1)12-9-5-8-15-10(9)4-6-13-12/h5,8,11-13H,1-4,6-7H2. The van der Waals surface area contributed by atoms with Crippen LogP contribution in [0.5, 0.6) is 0 Å². The Balaban J connectivity index is 1.82. The molecule has 1 fully saturated rings. The highest BCUT2D eigenvalue weighted by atomic mass is 16.5. The van der Waals surface area contributed by atoms with Gasteiger partial charge >= 0.3 is 0 Å². The minimum atomic E-state index is 0.343. The van der Waals surface area contributed by atoms with E-state index < -0.39 is 0 Å². The van der Waals surface area contributed by atoms with E-state index >= 15 is 0 Å². The fraction of sp³-hybridized carbons (Fsp3) is 0.667. The van der Waals surface area contributed by atoms with E-state index in [1.807, 2.05) is 0 Å². The smallest absolute Gasteiger partial charge is 0.109 e. The number of ether oxygens (including phenoxy) is 1. The van der Waals surface area contributed by atoms with Gasteiger partial charge < -0.3 is 14.5 Å². The fourth-order valence-corrected chi connectivity index (χ4v) is 2.64. The molecule has 1 aromatic heterocycles. The van der Waals surface area contributed by atoms with E-state index in [1.54, 1.807) is 6.26 Å². The lowest BCUT2D eigenvalue weighted by Crippen LogP contribution is -2.39. The molecule has 0 radical (unpaired) electrons. The third kappa shape index (κ3) is 1.70. The van der Waals surface area contributed by atoms with Crippen LogP contribution in [0.15, 0.2) is 16.7 Å². The second kappa shape index (κ2) is 3.99. The molecule has 2 unspecified atom stereocenters. The van der Waals surface area contributed by atoms with E-state index in [9.17, 15) is 0 Å². The summed E-state index contributed by atoms with van der Waals surface area (Å²) in [6.07, 6.45) is 6.81. The van der Waals surface area contributed by atoms with Gasteiger partial charge in [-0.2, -0.15) is 0 Å². The number of furan rings is 1. The maximum atomic E-state index is 5.84. The van der Waals surface area contributed by atoms with E-state index in [0.717, 1.165) is 25.3 Å². The van der Waals surface area contributed by atoms with Crippen LogP contribution in [0.1, 0.15) is 36.6 Å². The van der Waals surface area contributed by atoms with Crippen molar-refractivity contribution >= 4 is 0 Å². The molecular formula is C12H17NO2. The zero-order valence-corrected chi connectivity index (χ0v) is 8.87. The molecule has 0 aromatic carbocycles. The number of rotatable bonds is 1. The molecule has 1 N–H and O–H groups in total. The molecule has 15 heavy (non-hydrogen) atoms. The van der Waals surface area contributed by atoms with Gasteiger partial charge in [0.1, 0.15) is 5.76 Å². The van der Waals surface area contributed by atoms with Crippen molar-refractivity contribution in [3.05, 3.63) is 23.7 Å². The number of nitrogens with one attached hydrogen (secondary N) is 1. The highest BCUT2D eigenvalue weighted by Crippen LogP contribution is 2.31. The predicted octanol–water partition coefficient (Wildman–Crippen LogP) is 2.04. The van der Waals surface area contributed by atoms with Crippen molar-refractivity contribution in [3.8, 4) is 0 Å². The summed E-state index contributed by atoms with van der Waals surface area (Å²) in [5.74, 6) is 1.15. The first-order valence-electron chi connectivity index (χ1n) is 5.86. The van der Waals surface area contributed by atoms with Crippen LogP contribution in [0.25, 0.3) is 0 Å². The fourth-order valence-electron chi connectivity index (χ4n) is 2.64. The maximum Gasteiger partial charge on any atom is 0.109 e.